The van der Waals surface area contributed by atoms with Gasteiger partial charge in [0.15, 0.2) is 0 Å². The third kappa shape index (κ3) is 7.94. The van der Waals surface area contributed by atoms with Crippen molar-refractivity contribution in [3.63, 3.8) is 0 Å². The molecule has 3 aromatic rings. The van der Waals surface area contributed by atoms with E-state index in [-0.39, 0.29) is 0 Å². The summed E-state index contributed by atoms with van der Waals surface area (Å²) in [6.07, 6.45) is 6.79. The maximum atomic E-state index is 5.61. The van der Waals surface area contributed by atoms with Gasteiger partial charge in [-0.05, 0) is 41.5 Å². The van der Waals surface area contributed by atoms with Gasteiger partial charge in [0.2, 0.25) is 0 Å². The lowest BCUT2D eigenvalue weighted by atomic mass is 10.4. The fraction of sp³-hybridized carbons (Fsp3) is 0.333. The summed E-state index contributed by atoms with van der Waals surface area (Å²) >= 11 is 5.61. The van der Waals surface area contributed by atoms with Gasteiger partial charge < -0.3 is 5.73 Å². The second-order valence-corrected chi connectivity index (χ2v) is 6.03. The molecule has 7 nitrogen and oxygen atoms in total. The molecule has 0 radical (unpaired) electrons. The smallest absolute Gasteiger partial charge is 0.150 e. The monoisotopic (exact) mass is 373 g/mol. The fourth-order valence-corrected chi connectivity index (χ4v) is 1.87. The molecule has 0 unspecified atom stereocenters. The van der Waals surface area contributed by atoms with Crippen LogP contribution in [0, 0.1) is 41.5 Å². The van der Waals surface area contributed by atoms with Crippen LogP contribution >= 0.6 is 11.6 Å². The van der Waals surface area contributed by atoms with E-state index < -0.39 is 0 Å². The highest BCUT2D eigenvalue weighted by atomic mass is 35.5. The number of hydrogen-bond acceptors (Lipinski definition) is 7. The number of rotatable bonds is 0. The van der Waals surface area contributed by atoms with Crippen molar-refractivity contribution >= 4 is 17.4 Å². The molecule has 0 aliphatic rings. The zero-order valence-electron chi connectivity index (χ0n) is 15.9. The summed E-state index contributed by atoms with van der Waals surface area (Å²) in [6, 6.07) is 0. The largest absolute Gasteiger partial charge is 0.382 e. The van der Waals surface area contributed by atoms with Crippen LogP contribution in [0.15, 0.2) is 24.8 Å². The molecule has 0 spiro atoms. The molecular weight excluding hydrogens is 350 g/mol. The SMILES string of the molecule is Cc1cnc(Cl)c(C)n1.Cc1cnc(N)c(C)n1.Cc1cncc(C)n1. The third-order valence-electron chi connectivity index (χ3n) is 2.99. The molecular formula is C18H24ClN7. The average Bonchev–Trinajstić information content (AvgIpc) is 2.56. The van der Waals surface area contributed by atoms with Crippen molar-refractivity contribution in [2.45, 2.75) is 41.5 Å². The first-order valence-electron chi connectivity index (χ1n) is 7.95. The summed E-state index contributed by atoms with van der Waals surface area (Å²) in [5.41, 5.74) is 10.8. The molecule has 138 valence electrons. The Kier molecular flexibility index (Phi) is 8.51. The first-order valence-corrected chi connectivity index (χ1v) is 8.33. The van der Waals surface area contributed by atoms with Crippen molar-refractivity contribution in [3.8, 4) is 0 Å². The van der Waals surface area contributed by atoms with Crippen LogP contribution in [0.2, 0.25) is 5.15 Å². The molecule has 0 amide bonds. The minimum absolute atomic E-state index is 0.487. The number of aromatic nitrogens is 6. The van der Waals surface area contributed by atoms with E-state index in [1.165, 1.54) is 0 Å². The molecule has 0 saturated carbocycles. The molecule has 0 bridgehead atoms. The number of hydrogen-bond donors (Lipinski definition) is 1. The zero-order valence-corrected chi connectivity index (χ0v) is 16.7. The quantitative estimate of drug-likeness (QED) is 0.642. The minimum Gasteiger partial charge on any atom is -0.382 e. The molecule has 0 aliphatic carbocycles. The Morgan fingerprint density at radius 1 is 0.654 bits per heavy atom. The Balaban J connectivity index is 0.000000195. The number of halogens is 1. The summed E-state index contributed by atoms with van der Waals surface area (Å²) in [5.74, 6) is 0.514. The van der Waals surface area contributed by atoms with Gasteiger partial charge in [-0.2, -0.15) is 0 Å². The van der Waals surface area contributed by atoms with E-state index in [9.17, 15) is 0 Å². The Bertz CT molecular complexity index is 786. The van der Waals surface area contributed by atoms with Crippen LogP contribution in [0.3, 0.4) is 0 Å². The van der Waals surface area contributed by atoms with E-state index in [4.69, 9.17) is 17.3 Å². The molecule has 0 aliphatic heterocycles. The van der Waals surface area contributed by atoms with Gasteiger partial charge in [-0.3, -0.25) is 19.9 Å². The van der Waals surface area contributed by atoms with E-state index in [2.05, 4.69) is 29.9 Å². The van der Waals surface area contributed by atoms with E-state index >= 15 is 0 Å². The van der Waals surface area contributed by atoms with Crippen LogP contribution in [0.5, 0.6) is 0 Å². The maximum absolute atomic E-state index is 5.61. The fourth-order valence-electron chi connectivity index (χ4n) is 1.78. The summed E-state index contributed by atoms with van der Waals surface area (Å²) in [7, 11) is 0. The average molecular weight is 374 g/mol. The van der Waals surface area contributed by atoms with Crippen molar-refractivity contribution in [1.82, 2.24) is 29.9 Å². The normalized spacial score (nSPS) is 9.50. The number of anilines is 1. The number of nitrogen functional groups attached to an aromatic ring is 1. The van der Waals surface area contributed by atoms with Crippen molar-refractivity contribution < 1.29 is 0 Å². The van der Waals surface area contributed by atoms with E-state index in [1.807, 2.05) is 41.5 Å². The van der Waals surface area contributed by atoms with Crippen LogP contribution in [-0.4, -0.2) is 29.9 Å². The van der Waals surface area contributed by atoms with Crippen LogP contribution < -0.4 is 5.73 Å². The molecule has 3 aromatic heterocycles. The van der Waals surface area contributed by atoms with Crippen LogP contribution in [0.1, 0.15) is 34.2 Å². The van der Waals surface area contributed by atoms with Gasteiger partial charge in [0.25, 0.3) is 0 Å². The van der Waals surface area contributed by atoms with Crippen molar-refractivity contribution in [2.24, 2.45) is 0 Å². The lowest BCUT2D eigenvalue weighted by Gasteiger charge is -1.96. The van der Waals surface area contributed by atoms with Gasteiger partial charge in [-0.25, -0.2) is 9.97 Å². The van der Waals surface area contributed by atoms with Gasteiger partial charge in [0.05, 0.1) is 40.4 Å². The zero-order chi connectivity index (χ0) is 19.7. The molecule has 0 fully saturated rings. The molecule has 26 heavy (non-hydrogen) atoms. The molecule has 2 N–H and O–H groups in total. The number of nitrogens with two attached hydrogens (primary N) is 1. The van der Waals surface area contributed by atoms with E-state index in [0.717, 1.165) is 34.2 Å². The Hall–Kier alpha value is -2.67. The molecule has 8 heteroatoms. The molecule has 0 atom stereocenters. The second-order valence-electron chi connectivity index (χ2n) is 5.67. The van der Waals surface area contributed by atoms with Crippen molar-refractivity contribution in [3.05, 3.63) is 64.1 Å². The number of aryl methyl sites for hydroxylation is 6. The van der Waals surface area contributed by atoms with Crippen molar-refractivity contribution in [2.75, 3.05) is 5.73 Å². The highest BCUT2D eigenvalue weighted by Gasteiger charge is 1.95. The van der Waals surface area contributed by atoms with Gasteiger partial charge in [0, 0.05) is 18.6 Å². The Labute approximate surface area is 159 Å². The third-order valence-corrected chi connectivity index (χ3v) is 3.36. The molecule has 0 aromatic carbocycles. The number of nitrogens with zero attached hydrogens (tertiary/aromatic N) is 6. The standard InChI is InChI=1S/C6H7ClN2.C6H9N3.C6H8N2/c2*1-4-3-8-6(7)5(2)9-4;1-5-3-7-4-6(2)8-5/h3H,1-2H3;3H,1-2H3,(H2,7,8);3-4H,1-2H3. The predicted octanol–water partition coefficient (Wildman–Crippen LogP) is 3.52. The summed E-state index contributed by atoms with van der Waals surface area (Å²) in [4.78, 5) is 24.0. The van der Waals surface area contributed by atoms with Crippen molar-refractivity contribution in [1.29, 1.82) is 0 Å². The summed E-state index contributed by atoms with van der Waals surface area (Å²) in [6.45, 7) is 11.3. The van der Waals surface area contributed by atoms with Gasteiger partial charge >= 0.3 is 0 Å². The maximum Gasteiger partial charge on any atom is 0.150 e. The first-order chi connectivity index (χ1) is 12.2. The Morgan fingerprint density at radius 2 is 1.12 bits per heavy atom. The van der Waals surface area contributed by atoms with Gasteiger partial charge in [0.1, 0.15) is 11.0 Å². The predicted molar refractivity (Wildman–Crippen MR) is 104 cm³/mol. The second kappa shape index (κ2) is 10.4. The first kappa shape index (κ1) is 21.4. The molecule has 3 rings (SSSR count). The molecule has 3 heterocycles. The highest BCUT2D eigenvalue weighted by molar-refractivity contribution is 6.29. The summed E-state index contributed by atoms with van der Waals surface area (Å²) < 4.78 is 0. The van der Waals surface area contributed by atoms with Gasteiger partial charge in [-0.1, -0.05) is 11.6 Å². The minimum atomic E-state index is 0.487. The highest BCUT2D eigenvalue weighted by Crippen LogP contribution is 2.07. The van der Waals surface area contributed by atoms with Gasteiger partial charge in [-0.15, -0.1) is 0 Å². The van der Waals surface area contributed by atoms with E-state index in [1.54, 1.807) is 24.8 Å². The lowest BCUT2D eigenvalue weighted by Crippen LogP contribution is -1.97. The summed E-state index contributed by atoms with van der Waals surface area (Å²) in [5, 5.41) is 0.487. The Morgan fingerprint density at radius 3 is 1.46 bits per heavy atom. The molecule has 0 saturated heterocycles. The topological polar surface area (TPSA) is 103 Å². The lowest BCUT2D eigenvalue weighted by molar-refractivity contribution is 1.05. The van der Waals surface area contributed by atoms with Crippen LogP contribution in [-0.2, 0) is 0 Å². The van der Waals surface area contributed by atoms with E-state index in [0.29, 0.717) is 11.0 Å². The van der Waals surface area contributed by atoms with Crippen LogP contribution in [0.25, 0.3) is 0 Å². The van der Waals surface area contributed by atoms with Crippen LogP contribution in [0.4, 0.5) is 5.82 Å².